The summed E-state index contributed by atoms with van der Waals surface area (Å²) >= 11 is 1.56. The average molecular weight is 588 g/mol. The number of fused-ring (bicyclic) bond motifs is 8. The van der Waals surface area contributed by atoms with Gasteiger partial charge in [0.25, 0.3) is 5.79 Å². The van der Waals surface area contributed by atoms with Crippen LogP contribution in [0.5, 0.6) is 0 Å². The van der Waals surface area contributed by atoms with Crippen LogP contribution >= 0.6 is 11.8 Å². The first kappa shape index (κ1) is 27.3. The van der Waals surface area contributed by atoms with E-state index in [0.717, 1.165) is 37.7 Å². The Bertz CT molecular complexity index is 1230. The van der Waals surface area contributed by atoms with Gasteiger partial charge < -0.3 is 34.0 Å². The molecule has 224 valence electrons. The van der Waals surface area contributed by atoms with Crippen LogP contribution < -0.4 is 0 Å². The lowest BCUT2D eigenvalue weighted by molar-refractivity contribution is -0.445. The van der Waals surface area contributed by atoms with Crippen LogP contribution in [-0.4, -0.2) is 81.9 Å². The molecule has 9 nitrogen and oxygen atoms in total. The van der Waals surface area contributed by atoms with Crippen LogP contribution in [0.25, 0.3) is 0 Å². The molecule has 1 spiro atoms. The molecular formula is C31H41NO8S. The van der Waals surface area contributed by atoms with Gasteiger partial charge in [0.15, 0.2) is 4.87 Å². The van der Waals surface area contributed by atoms with E-state index in [1.165, 1.54) is 6.29 Å². The Labute approximate surface area is 244 Å². The molecule has 0 radical (unpaired) electrons. The van der Waals surface area contributed by atoms with Gasteiger partial charge in [-0.3, -0.25) is 4.99 Å². The second kappa shape index (κ2) is 8.88. The van der Waals surface area contributed by atoms with E-state index in [1.54, 1.807) is 17.8 Å². The van der Waals surface area contributed by atoms with Crippen LogP contribution in [0.3, 0.4) is 0 Å². The highest BCUT2D eigenvalue weighted by Crippen LogP contribution is 2.70. The van der Waals surface area contributed by atoms with Gasteiger partial charge in [-0.1, -0.05) is 6.92 Å². The molecule has 0 amide bonds. The van der Waals surface area contributed by atoms with E-state index < -0.39 is 34.1 Å². The van der Waals surface area contributed by atoms with Crippen molar-refractivity contribution in [3.8, 4) is 0 Å². The zero-order valence-corrected chi connectivity index (χ0v) is 24.6. The topological polar surface area (TPSA) is 124 Å². The summed E-state index contributed by atoms with van der Waals surface area (Å²) in [7, 11) is 0. The third-order valence-electron chi connectivity index (χ3n) is 12.9. The molecule has 4 heterocycles. The van der Waals surface area contributed by atoms with Crippen LogP contribution in [-0.2, 0) is 28.5 Å². The Morgan fingerprint density at radius 2 is 1.93 bits per heavy atom. The number of thioether (sulfide) groups is 1. The molecule has 0 aromatic carbocycles. The molecule has 0 bridgehead atoms. The minimum atomic E-state index is -1.74. The second-order valence-electron chi connectivity index (χ2n) is 14.4. The Balaban J connectivity index is 1.10. The van der Waals surface area contributed by atoms with Gasteiger partial charge in [0.1, 0.15) is 12.9 Å². The molecule has 4 saturated carbocycles. The van der Waals surface area contributed by atoms with Crippen LogP contribution in [0.4, 0.5) is 0 Å². The number of cyclic esters (lactones) is 1. The SMILES string of the molecule is C[C@@H]1C[C@@]2(N=CCS2)[C@]2(O)O[C@@H]3C[C@@]4(C=O)[C@@H](CC[C@@H]5[C@@H]4CC[C@]4(C)[C@@H](C6=CC(=O)OC6)CC[C@]54O)C[C@H]3O[C@@H]2O1. The predicted molar refractivity (Wildman–Crippen MR) is 149 cm³/mol. The highest BCUT2D eigenvalue weighted by molar-refractivity contribution is 8.01. The molecule has 41 heavy (non-hydrogen) atoms. The van der Waals surface area contributed by atoms with E-state index >= 15 is 0 Å². The van der Waals surface area contributed by atoms with Gasteiger partial charge in [0.2, 0.25) is 6.29 Å². The van der Waals surface area contributed by atoms with E-state index in [-0.39, 0.29) is 47.3 Å². The Morgan fingerprint density at radius 1 is 1.07 bits per heavy atom. The molecule has 0 aromatic heterocycles. The third-order valence-corrected chi connectivity index (χ3v) is 14.2. The normalized spacial score (nSPS) is 57.2. The van der Waals surface area contributed by atoms with Crippen LogP contribution in [0.15, 0.2) is 16.6 Å². The van der Waals surface area contributed by atoms with Crippen molar-refractivity contribution >= 4 is 30.2 Å². The maximum Gasteiger partial charge on any atom is 0.331 e. The minimum absolute atomic E-state index is 0.0107. The van der Waals surface area contributed by atoms with E-state index in [1.807, 2.05) is 13.1 Å². The largest absolute Gasteiger partial charge is 0.458 e. The Morgan fingerprint density at radius 3 is 2.66 bits per heavy atom. The van der Waals surface area contributed by atoms with E-state index in [4.69, 9.17) is 23.9 Å². The summed E-state index contributed by atoms with van der Waals surface area (Å²) in [5.74, 6) is -1.08. The maximum atomic E-state index is 13.3. The molecule has 6 fully saturated rings. The summed E-state index contributed by atoms with van der Waals surface area (Å²) in [5, 5.41) is 24.6. The summed E-state index contributed by atoms with van der Waals surface area (Å²) < 4.78 is 24.5. The van der Waals surface area contributed by atoms with E-state index in [9.17, 15) is 19.8 Å². The monoisotopic (exact) mass is 587 g/mol. The van der Waals surface area contributed by atoms with E-state index in [0.29, 0.717) is 38.0 Å². The second-order valence-corrected chi connectivity index (χ2v) is 15.7. The maximum absolute atomic E-state index is 13.3. The molecule has 2 N–H and O–H groups in total. The van der Waals surface area contributed by atoms with Crippen molar-refractivity contribution in [2.75, 3.05) is 12.4 Å². The zero-order chi connectivity index (χ0) is 28.4. The Hall–Kier alpha value is -1.30. The van der Waals surface area contributed by atoms with Gasteiger partial charge in [0.05, 0.1) is 23.9 Å². The van der Waals surface area contributed by atoms with Gasteiger partial charge in [-0.15, -0.1) is 11.8 Å². The summed E-state index contributed by atoms with van der Waals surface area (Å²) in [4.78, 5) is 29.1. The molecule has 4 aliphatic carbocycles. The number of aliphatic hydroxyl groups is 2. The average Bonchev–Trinajstić information content (AvgIpc) is 3.65. The lowest BCUT2D eigenvalue weighted by Gasteiger charge is -2.65. The van der Waals surface area contributed by atoms with Gasteiger partial charge in [-0.2, -0.15) is 0 Å². The van der Waals surface area contributed by atoms with Crippen LogP contribution in [0.2, 0.25) is 0 Å². The zero-order valence-electron chi connectivity index (χ0n) is 23.8. The molecule has 8 aliphatic rings. The number of hydrogen-bond donors (Lipinski definition) is 2. The smallest absolute Gasteiger partial charge is 0.331 e. The number of ether oxygens (including phenoxy) is 4. The predicted octanol–water partition coefficient (Wildman–Crippen LogP) is 3.15. The molecule has 0 aromatic rings. The van der Waals surface area contributed by atoms with Gasteiger partial charge in [-0.05, 0) is 87.5 Å². The number of carbonyl (C=O) groups excluding carboxylic acids is 2. The molecule has 8 rings (SSSR count). The first-order valence-corrected chi connectivity index (χ1v) is 16.5. The fourth-order valence-corrected chi connectivity index (χ4v) is 12.3. The molecule has 10 heteroatoms. The fourth-order valence-electron chi connectivity index (χ4n) is 11.0. The number of nitrogens with zero attached hydrogens (tertiary/aromatic N) is 1. The molecular weight excluding hydrogens is 546 g/mol. The van der Waals surface area contributed by atoms with Crippen molar-refractivity contribution in [1.29, 1.82) is 0 Å². The van der Waals surface area contributed by atoms with Crippen molar-refractivity contribution in [2.24, 2.45) is 39.5 Å². The summed E-state index contributed by atoms with van der Waals surface area (Å²) in [5.41, 5.74) is -0.925. The van der Waals surface area contributed by atoms with Gasteiger partial charge >= 0.3 is 5.97 Å². The van der Waals surface area contributed by atoms with Crippen molar-refractivity contribution in [1.82, 2.24) is 0 Å². The number of aldehydes is 1. The fraction of sp³-hybridized carbons (Fsp3) is 0.839. The highest BCUT2D eigenvalue weighted by Gasteiger charge is 2.72. The molecule has 4 aliphatic heterocycles. The Kier molecular flexibility index (Phi) is 5.91. The van der Waals surface area contributed by atoms with Crippen molar-refractivity contribution in [2.45, 2.75) is 112 Å². The lowest BCUT2D eigenvalue weighted by Crippen LogP contribution is -2.73. The lowest BCUT2D eigenvalue weighted by atomic mass is 9.42. The van der Waals surface area contributed by atoms with Crippen LogP contribution in [0, 0.1) is 34.5 Å². The third kappa shape index (κ3) is 3.41. The quantitative estimate of drug-likeness (QED) is 0.285. The van der Waals surface area contributed by atoms with Crippen LogP contribution in [0.1, 0.15) is 71.6 Å². The first-order chi connectivity index (χ1) is 19.6. The molecule has 13 atom stereocenters. The summed E-state index contributed by atoms with van der Waals surface area (Å²) in [6.07, 6.45) is 9.34. The highest BCUT2D eigenvalue weighted by atomic mass is 32.2. The molecule has 2 saturated heterocycles. The number of carbonyl (C=O) groups is 2. The van der Waals surface area contributed by atoms with Gasteiger partial charge in [0, 0.05) is 35.3 Å². The standard InChI is InChI=1S/C31H41NO8S/c1-17-13-30(32-9-10-41-30)31(36)26(38-17)39-23-12-19-3-4-22-21(28(19,16-33)14-24(23)40-31)5-7-27(2)20(6-8-29(22,27)35)18-11-25(34)37-15-18/h9,11,16-17,19-24,26,35-36H,3-8,10,12-15H2,1-2H3/t17-,19+,20-,21+,22-,23-,24-,26+,27-,28-,29+,30+,31-/m1/s1. The summed E-state index contributed by atoms with van der Waals surface area (Å²) in [6, 6.07) is 0. The van der Waals surface area contributed by atoms with Crippen molar-refractivity contribution < 1.29 is 38.7 Å². The summed E-state index contributed by atoms with van der Waals surface area (Å²) in [6.45, 7) is 4.49. The molecule has 0 unspecified atom stereocenters. The number of aliphatic imine (C=N–C) groups is 1. The van der Waals surface area contributed by atoms with E-state index in [2.05, 4.69) is 6.92 Å². The van der Waals surface area contributed by atoms with Crippen molar-refractivity contribution in [3.63, 3.8) is 0 Å². The number of esters is 1. The minimum Gasteiger partial charge on any atom is -0.458 e. The van der Waals surface area contributed by atoms with Crippen molar-refractivity contribution in [3.05, 3.63) is 11.6 Å². The number of hydrogen-bond acceptors (Lipinski definition) is 10. The van der Waals surface area contributed by atoms with Gasteiger partial charge in [-0.25, -0.2) is 4.79 Å². The first-order valence-electron chi connectivity index (χ1n) is 15.5. The number of rotatable bonds is 2.